The van der Waals surface area contributed by atoms with E-state index in [1.165, 1.54) is 64.2 Å². The second-order valence-electron chi connectivity index (χ2n) is 7.80. The van der Waals surface area contributed by atoms with Gasteiger partial charge in [0.05, 0.1) is 12.2 Å². The van der Waals surface area contributed by atoms with Gasteiger partial charge < -0.3 is 14.2 Å². The summed E-state index contributed by atoms with van der Waals surface area (Å²) in [5.74, 6) is 2.71. The average molecular weight is 311 g/mol. The van der Waals surface area contributed by atoms with Crippen LogP contribution in [0.2, 0.25) is 0 Å². The first-order valence-electron chi connectivity index (χ1n) is 9.52. The van der Waals surface area contributed by atoms with Crippen LogP contribution in [0.5, 0.6) is 0 Å². The van der Waals surface area contributed by atoms with Crippen molar-refractivity contribution < 1.29 is 14.2 Å². The minimum atomic E-state index is 0.514. The van der Waals surface area contributed by atoms with Crippen LogP contribution in [0.3, 0.4) is 0 Å². The van der Waals surface area contributed by atoms with E-state index >= 15 is 0 Å². The zero-order chi connectivity index (χ0) is 15.4. The van der Waals surface area contributed by atoms with E-state index in [0.29, 0.717) is 18.3 Å². The van der Waals surface area contributed by atoms with Crippen LogP contribution in [0.1, 0.15) is 64.2 Å². The summed E-state index contributed by atoms with van der Waals surface area (Å²) in [5, 5.41) is 0. The summed E-state index contributed by atoms with van der Waals surface area (Å²) in [7, 11) is 3.74. The summed E-state index contributed by atoms with van der Waals surface area (Å²) >= 11 is 0. The molecule has 2 aliphatic carbocycles. The van der Waals surface area contributed by atoms with Crippen molar-refractivity contribution in [2.45, 2.75) is 82.5 Å². The fourth-order valence-corrected chi connectivity index (χ4v) is 5.18. The van der Waals surface area contributed by atoms with Gasteiger partial charge in [0.25, 0.3) is 0 Å². The van der Waals surface area contributed by atoms with E-state index in [9.17, 15) is 0 Å². The summed E-state index contributed by atoms with van der Waals surface area (Å²) in [6, 6.07) is 0. The third kappa shape index (κ3) is 4.04. The monoisotopic (exact) mass is 311 g/mol. The van der Waals surface area contributed by atoms with Gasteiger partial charge in [-0.1, -0.05) is 0 Å². The third-order valence-electron chi connectivity index (χ3n) is 6.72. The number of hydrogen-bond acceptors (Lipinski definition) is 2. The lowest BCUT2D eigenvalue weighted by Gasteiger charge is -2.39. The van der Waals surface area contributed by atoms with Crippen molar-refractivity contribution in [1.82, 2.24) is 0 Å². The molecule has 2 saturated carbocycles. The first-order chi connectivity index (χ1) is 10.8. The SMILES string of the molecule is COC1CCC(C2CC[OH+]C(C3CCC(OC)CC3)C2)CC1. The van der Waals surface area contributed by atoms with Gasteiger partial charge >= 0.3 is 0 Å². The molecule has 1 aliphatic heterocycles. The molecule has 1 saturated heterocycles. The standard InChI is InChI=1S/C19H34O3/c1-20-17-7-3-14(4-8-17)16-11-12-22-19(13-16)15-5-9-18(21-2)10-6-15/h14-19H,3-13H2,1-2H3/p+1. The fraction of sp³-hybridized carbons (Fsp3) is 1.00. The van der Waals surface area contributed by atoms with Gasteiger partial charge in [0.1, 0.15) is 6.61 Å². The average Bonchev–Trinajstić information content (AvgIpc) is 2.62. The molecule has 1 heterocycles. The lowest BCUT2D eigenvalue weighted by atomic mass is 9.72. The van der Waals surface area contributed by atoms with Crippen LogP contribution < -0.4 is 0 Å². The minimum Gasteiger partial charge on any atom is -0.431 e. The number of ether oxygens (including phenoxy) is 3. The van der Waals surface area contributed by atoms with Gasteiger partial charge in [-0.25, -0.2) is 0 Å². The molecule has 3 nitrogen and oxygen atoms in total. The zero-order valence-electron chi connectivity index (χ0n) is 14.5. The first kappa shape index (κ1) is 16.7. The van der Waals surface area contributed by atoms with Gasteiger partial charge in [0, 0.05) is 33.0 Å². The predicted molar refractivity (Wildman–Crippen MR) is 89.1 cm³/mol. The van der Waals surface area contributed by atoms with Crippen molar-refractivity contribution in [2.75, 3.05) is 20.8 Å². The fourth-order valence-electron chi connectivity index (χ4n) is 5.18. The number of aliphatic hydroxyl groups is 2. The van der Waals surface area contributed by atoms with Crippen LogP contribution in [-0.4, -0.2) is 43.9 Å². The van der Waals surface area contributed by atoms with Crippen molar-refractivity contribution in [3.8, 4) is 0 Å². The topological polar surface area (TPSA) is 31.3 Å². The van der Waals surface area contributed by atoms with Crippen molar-refractivity contribution in [2.24, 2.45) is 17.8 Å². The number of rotatable bonds is 4. The van der Waals surface area contributed by atoms with E-state index in [1.54, 1.807) is 0 Å². The first-order valence-corrected chi connectivity index (χ1v) is 9.52. The molecule has 0 aromatic carbocycles. The van der Waals surface area contributed by atoms with Gasteiger partial charge in [-0.15, -0.1) is 0 Å². The molecule has 2 unspecified atom stereocenters. The van der Waals surface area contributed by atoms with Gasteiger partial charge in [-0.3, -0.25) is 0 Å². The number of hydrogen-bond donors (Lipinski definition) is 0. The smallest absolute Gasteiger partial charge is 0.157 e. The Balaban J connectivity index is 1.47. The molecular formula is C19H35O3+. The van der Waals surface area contributed by atoms with Crippen molar-refractivity contribution in [3.05, 3.63) is 0 Å². The van der Waals surface area contributed by atoms with E-state index in [2.05, 4.69) is 0 Å². The molecule has 22 heavy (non-hydrogen) atoms. The maximum Gasteiger partial charge on any atom is 0.157 e. The zero-order valence-corrected chi connectivity index (χ0v) is 14.5. The van der Waals surface area contributed by atoms with Crippen molar-refractivity contribution >= 4 is 0 Å². The highest BCUT2D eigenvalue weighted by Gasteiger charge is 2.39. The highest BCUT2D eigenvalue weighted by Crippen LogP contribution is 2.40. The van der Waals surface area contributed by atoms with Crippen LogP contribution in [0.15, 0.2) is 0 Å². The summed E-state index contributed by atoms with van der Waals surface area (Å²) < 4.78 is 16.1. The maximum absolute atomic E-state index is 5.53. The van der Waals surface area contributed by atoms with E-state index in [4.69, 9.17) is 14.2 Å². The summed E-state index contributed by atoms with van der Waals surface area (Å²) in [6.45, 7) is 1.11. The second-order valence-corrected chi connectivity index (χ2v) is 7.80. The molecule has 0 amide bonds. The Morgan fingerprint density at radius 2 is 1.18 bits per heavy atom. The Bertz CT molecular complexity index is 287. The third-order valence-corrected chi connectivity index (χ3v) is 6.72. The molecule has 2 atom stereocenters. The highest BCUT2D eigenvalue weighted by atomic mass is 16.5. The normalized spacial score (nSPS) is 43.9. The van der Waals surface area contributed by atoms with Gasteiger partial charge in [-0.2, -0.15) is 0 Å². The molecule has 3 rings (SSSR count). The van der Waals surface area contributed by atoms with E-state index < -0.39 is 0 Å². The molecule has 3 aliphatic rings. The largest absolute Gasteiger partial charge is 0.431 e. The van der Waals surface area contributed by atoms with Crippen molar-refractivity contribution in [1.29, 1.82) is 0 Å². The van der Waals surface area contributed by atoms with Crippen LogP contribution in [0.4, 0.5) is 0 Å². The molecule has 0 aromatic rings. The van der Waals surface area contributed by atoms with Crippen LogP contribution >= 0.6 is 0 Å². The van der Waals surface area contributed by atoms with Gasteiger partial charge in [0.2, 0.25) is 0 Å². The van der Waals surface area contributed by atoms with Crippen LogP contribution in [-0.2, 0) is 9.47 Å². The Labute approximate surface area is 136 Å². The van der Waals surface area contributed by atoms with E-state index in [1.807, 2.05) is 14.2 Å². The quantitative estimate of drug-likeness (QED) is 0.741. The van der Waals surface area contributed by atoms with E-state index in [0.717, 1.165) is 24.4 Å². The van der Waals surface area contributed by atoms with Crippen molar-refractivity contribution in [3.63, 3.8) is 0 Å². The van der Waals surface area contributed by atoms with Gasteiger partial charge in [0.15, 0.2) is 6.10 Å². The Morgan fingerprint density at radius 1 is 0.636 bits per heavy atom. The van der Waals surface area contributed by atoms with E-state index in [-0.39, 0.29) is 0 Å². The summed E-state index contributed by atoms with van der Waals surface area (Å²) in [5.41, 5.74) is 0. The molecule has 0 spiro atoms. The van der Waals surface area contributed by atoms with Crippen LogP contribution in [0, 0.1) is 17.8 Å². The minimum absolute atomic E-state index is 0.514. The Hall–Kier alpha value is -0.120. The Kier molecular flexibility index (Phi) is 6.17. The molecular weight excluding hydrogens is 276 g/mol. The molecule has 3 fully saturated rings. The molecule has 0 aromatic heterocycles. The maximum atomic E-state index is 5.53. The predicted octanol–water partition coefficient (Wildman–Crippen LogP) is 3.70. The summed E-state index contributed by atoms with van der Waals surface area (Å²) in [6.07, 6.45) is 14.9. The molecule has 0 radical (unpaired) electrons. The van der Waals surface area contributed by atoms with Crippen LogP contribution in [0.25, 0.3) is 0 Å². The lowest BCUT2D eigenvalue weighted by Crippen LogP contribution is -2.40. The van der Waals surface area contributed by atoms with Gasteiger partial charge in [-0.05, 0) is 63.2 Å². The molecule has 3 heteroatoms. The second kappa shape index (κ2) is 8.12. The number of methoxy groups -OCH3 is 2. The molecule has 128 valence electrons. The summed E-state index contributed by atoms with van der Waals surface area (Å²) in [4.78, 5) is 0. The molecule has 1 N–H and O–H groups in total. The Morgan fingerprint density at radius 3 is 1.73 bits per heavy atom. The molecule has 0 bridgehead atoms. The lowest BCUT2D eigenvalue weighted by molar-refractivity contribution is -0.182. The highest BCUT2D eigenvalue weighted by molar-refractivity contribution is 4.86.